The maximum atomic E-state index is 5.31. The lowest BCUT2D eigenvalue weighted by atomic mass is 9.84. The number of aryl methyl sites for hydroxylation is 1. The summed E-state index contributed by atoms with van der Waals surface area (Å²) in [6.07, 6.45) is 7.00. The Kier molecular flexibility index (Phi) is 3.55. The van der Waals surface area contributed by atoms with E-state index in [0.717, 1.165) is 25.0 Å². The third-order valence-corrected chi connectivity index (χ3v) is 4.11. The van der Waals surface area contributed by atoms with Crippen LogP contribution in [0.4, 0.5) is 0 Å². The normalized spacial score (nSPS) is 14.1. The zero-order valence-corrected chi connectivity index (χ0v) is 12.0. The quantitative estimate of drug-likeness (QED) is 0.835. The molecule has 3 rings (SSSR count). The molecule has 2 nitrogen and oxygen atoms in total. The van der Waals surface area contributed by atoms with Crippen LogP contribution in [0.3, 0.4) is 0 Å². The van der Waals surface area contributed by atoms with Crippen LogP contribution in [-0.4, -0.2) is 12.1 Å². The molecule has 0 fully saturated rings. The first-order valence-corrected chi connectivity index (χ1v) is 7.03. The van der Waals surface area contributed by atoms with Gasteiger partial charge in [0.25, 0.3) is 0 Å². The predicted molar refractivity (Wildman–Crippen MR) is 81.9 cm³/mol. The Morgan fingerprint density at radius 2 is 1.90 bits per heavy atom. The Labute approximate surface area is 120 Å². The number of benzene rings is 1. The van der Waals surface area contributed by atoms with Crippen LogP contribution < -0.4 is 4.74 Å². The minimum Gasteiger partial charge on any atom is -0.497 e. The Balaban J connectivity index is 1.92. The molecule has 0 radical (unpaired) electrons. The average Bonchev–Trinajstić information content (AvgIpc) is 2.51. The topological polar surface area (TPSA) is 22.1 Å². The molecular formula is C18H19NO. The van der Waals surface area contributed by atoms with Gasteiger partial charge in [0.1, 0.15) is 5.75 Å². The lowest BCUT2D eigenvalue weighted by Crippen LogP contribution is -2.06. The fraction of sp³-hybridized carbons (Fsp3) is 0.278. The number of nitrogens with zero attached hydrogens (tertiary/aromatic N) is 1. The van der Waals surface area contributed by atoms with E-state index in [1.54, 1.807) is 7.11 Å². The van der Waals surface area contributed by atoms with Gasteiger partial charge in [-0.05, 0) is 72.7 Å². The molecule has 1 heterocycles. The molecule has 0 spiro atoms. The van der Waals surface area contributed by atoms with E-state index < -0.39 is 0 Å². The molecule has 0 saturated heterocycles. The van der Waals surface area contributed by atoms with Crippen molar-refractivity contribution in [1.82, 2.24) is 4.98 Å². The average molecular weight is 265 g/mol. The van der Waals surface area contributed by atoms with Crippen LogP contribution in [0.25, 0.3) is 5.57 Å². The summed E-state index contributed by atoms with van der Waals surface area (Å²) in [5, 5.41) is 0. The number of hydrogen-bond donors (Lipinski definition) is 0. The summed E-state index contributed by atoms with van der Waals surface area (Å²) in [7, 11) is 1.72. The van der Waals surface area contributed by atoms with Crippen molar-refractivity contribution >= 4 is 5.57 Å². The SMILES string of the molecule is COc1ccc2c(c1)CCC(Cc1ccncc1)=C2C. The highest BCUT2D eigenvalue weighted by atomic mass is 16.5. The first-order chi connectivity index (χ1) is 9.78. The van der Waals surface area contributed by atoms with Gasteiger partial charge in [-0.25, -0.2) is 0 Å². The van der Waals surface area contributed by atoms with Crippen molar-refractivity contribution in [3.63, 3.8) is 0 Å². The zero-order valence-electron chi connectivity index (χ0n) is 12.0. The van der Waals surface area contributed by atoms with Gasteiger partial charge in [0.05, 0.1) is 7.11 Å². The Morgan fingerprint density at radius 1 is 1.10 bits per heavy atom. The van der Waals surface area contributed by atoms with Gasteiger partial charge in [0, 0.05) is 12.4 Å². The molecular weight excluding hydrogens is 246 g/mol. The summed E-state index contributed by atoms with van der Waals surface area (Å²) in [5.41, 5.74) is 7.08. The van der Waals surface area contributed by atoms with Gasteiger partial charge in [-0.2, -0.15) is 0 Å². The van der Waals surface area contributed by atoms with Gasteiger partial charge >= 0.3 is 0 Å². The van der Waals surface area contributed by atoms with Crippen LogP contribution in [0.1, 0.15) is 30.0 Å². The zero-order chi connectivity index (χ0) is 13.9. The molecule has 0 unspecified atom stereocenters. The summed E-state index contributed by atoms with van der Waals surface area (Å²) in [4.78, 5) is 4.08. The largest absolute Gasteiger partial charge is 0.497 e. The van der Waals surface area contributed by atoms with Crippen LogP contribution in [0.15, 0.2) is 48.3 Å². The smallest absolute Gasteiger partial charge is 0.119 e. The van der Waals surface area contributed by atoms with Gasteiger partial charge < -0.3 is 4.74 Å². The van der Waals surface area contributed by atoms with Crippen molar-refractivity contribution in [3.8, 4) is 5.75 Å². The molecule has 1 aliphatic carbocycles. The standard InChI is InChI=1S/C18H19NO/c1-13-15(11-14-7-9-19-10-8-14)3-4-16-12-17(20-2)5-6-18(13)16/h5-10,12H,3-4,11H2,1-2H3. The van der Waals surface area contributed by atoms with Crippen LogP contribution in [0.5, 0.6) is 5.75 Å². The molecule has 0 aliphatic heterocycles. The summed E-state index contributed by atoms with van der Waals surface area (Å²) in [5.74, 6) is 0.953. The molecule has 1 aromatic heterocycles. The minimum atomic E-state index is 0.953. The number of aromatic nitrogens is 1. The molecule has 2 aromatic rings. The van der Waals surface area contributed by atoms with Crippen molar-refractivity contribution in [2.75, 3.05) is 7.11 Å². The highest BCUT2D eigenvalue weighted by Crippen LogP contribution is 2.34. The molecule has 1 aromatic carbocycles. The van der Waals surface area contributed by atoms with E-state index in [0.29, 0.717) is 0 Å². The molecule has 0 N–H and O–H groups in total. The predicted octanol–water partition coefficient (Wildman–Crippen LogP) is 4.05. The van der Waals surface area contributed by atoms with Crippen molar-refractivity contribution in [3.05, 3.63) is 65.0 Å². The number of rotatable bonds is 3. The fourth-order valence-corrected chi connectivity index (χ4v) is 2.90. The number of fused-ring (bicyclic) bond motifs is 1. The van der Waals surface area contributed by atoms with E-state index in [9.17, 15) is 0 Å². The third-order valence-electron chi connectivity index (χ3n) is 4.11. The summed E-state index contributed by atoms with van der Waals surface area (Å²) in [6.45, 7) is 2.24. The van der Waals surface area contributed by atoms with Gasteiger partial charge in [-0.15, -0.1) is 0 Å². The van der Waals surface area contributed by atoms with Gasteiger partial charge in [0.2, 0.25) is 0 Å². The second kappa shape index (κ2) is 5.49. The molecule has 20 heavy (non-hydrogen) atoms. The first kappa shape index (κ1) is 12.9. The van der Waals surface area contributed by atoms with Crippen molar-refractivity contribution in [2.24, 2.45) is 0 Å². The summed E-state index contributed by atoms with van der Waals surface area (Å²) >= 11 is 0. The Hall–Kier alpha value is -2.09. The Morgan fingerprint density at radius 3 is 2.65 bits per heavy atom. The highest BCUT2D eigenvalue weighted by molar-refractivity contribution is 5.72. The van der Waals surface area contributed by atoms with E-state index in [-0.39, 0.29) is 0 Å². The van der Waals surface area contributed by atoms with Crippen molar-refractivity contribution in [1.29, 1.82) is 0 Å². The maximum Gasteiger partial charge on any atom is 0.119 e. The van der Waals surface area contributed by atoms with Crippen LogP contribution >= 0.6 is 0 Å². The van der Waals surface area contributed by atoms with Gasteiger partial charge in [-0.3, -0.25) is 4.98 Å². The second-order valence-electron chi connectivity index (χ2n) is 5.28. The van der Waals surface area contributed by atoms with E-state index in [1.807, 2.05) is 12.4 Å². The van der Waals surface area contributed by atoms with Gasteiger partial charge in [0.15, 0.2) is 0 Å². The lowest BCUT2D eigenvalue weighted by molar-refractivity contribution is 0.414. The van der Waals surface area contributed by atoms with Crippen molar-refractivity contribution in [2.45, 2.75) is 26.2 Å². The number of ether oxygens (including phenoxy) is 1. The highest BCUT2D eigenvalue weighted by Gasteiger charge is 2.16. The molecule has 1 aliphatic rings. The number of allylic oxidation sites excluding steroid dienone is 2. The first-order valence-electron chi connectivity index (χ1n) is 7.03. The lowest BCUT2D eigenvalue weighted by Gasteiger charge is -2.22. The van der Waals surface area contributed by atoms with E-state index in [4.69, 9.17) is 4.74 Å². The molecule has 0 amide bonds. The van der Waals surface area contributed by atoms with E-state index in [1.165, 1.54) is 27.8 Å². The van der Waals surface area contributed by atoms with E-state index in [2.05, 4.69) is 42.2 Å². The minimum absolute atomic E-state index is 0.953. The molecule has 0 saturated carbocycles. The van der Waals surface area contributed by atoms with Crippen LogP contribution in [0, 0.1) is 0 Å². The third kappa shape index (κ3) is 2.46. The van der Waals surface area contributed by atoms with E-state index >= 15 is 0 Å². The second-order valence-corrected chi connectivity index (χ2v) is 5.28. The summed E-state index contributed by atoms with van der Waals surface area (Å²) < 4.78 is 5.31. The van der Waals surface area contributed by atoms with Gasteiger partial charge in [-0.1, -0.05) is 11.6 Å². The maximum absolute atomic E-state index is 5.31. The number of methoxy groups -OCH3 is 1. The molecule has 2 heteroatoms. The summed E-state index contributed by atoms with van der Waals surface area (Å²) in [6, 6.07) is 10.6. The number of pyridine rings is 1. The van der Waals surface area contributed by atoms with Crippen molar-refractivity contribution < 1.29 is 4.74 Å². The monoisotopic (exact) mass is 265 g/mol. The molecule has 0 atom stereocenters. The number of hydrogen-bond acceptors (Lipinski definition) is 2. The Bertz CT molecular complexity index is 644. The van der Waals surface area contributed by atoms with Crippen LogP contribution in [-0.2, 0) is 12.8 Å². The fourth-order valence-electron chi connectivity index (χ4n) is 2.90. The van der Waals surface area contributed by atoms with Crippen LogP contribution in [0.2, 0.25) is 0 Å². The molecule has 0 bridgehead atoms. The molecule has 102 valence electrons.